The summed E-state index contributed by atoms with van der Waals surface area (Å²) in [5.41, 5.74) is 0.595. The molecule has 6 nitrogen and oxygen atoms in total. The number of carbonyl (C=O) groups excluding carboxylic acids is 3. The monoisotopic (exact) mass is 300 g/mol. The summed E-state index contributed by atoms with van der Waals surface area (Å²) in [5, 5.41) is 4.07. The number of ether oxygens (including phenoxy) is 1. The zero-order valence-electron chi connectivity index (χ0n) is 11.9. The highest BCUT2D eigenvalue weighted by molar-refractivity contribution is 6.31. The molecule has 6 heteroatoms. The van der Waals surface area contributed by atoms with Crippen molar-refractivity contribution in [3.63, 3.8) is 0 Å². The number of barbiturate groups is 1. The summed E-state index contributed by atoms with van der Waals surface area (Å²) < 4.78 is 5.85. The molecule has 1 aliphatic heterocycles. The van der Waals surface area contributed by atoms with Crippen molar-refractivity contribution in [2.75, 3.05) is 0 Å². The van der Waals surface area contributed by atoms with Crippen LogP contribution in [0.25, 0.3) is 6.08 Å². The van der Waals surface area contributed by atoms with Crippen LogP contribution >= 0.6 is 0 Å². The van der Waals surface area contributed by atoms with Crippen molar-refractivity contribution in [2.24, 2.45) is 0 Å². The van der Waals surface area contributed by atoms with E-state index in [1.807, 2.05) is 22.8 Å². The lowest BCUT2D eigenvalue weighted by molar-refractivity contribution is -0.123. The molecule has 22 heavy (non-hydrogen) atoms. The zero-order chi connectivity index (χ0) is 15.5. The first-order valence-electron chi connectivity index (χ1n) is 7.27. The molecular weight excluding hydrogens is 284 g/mol. The van der Waals surface area contributed by atoms with Gasteiger partial charge in [-0.15, -0.1) is 0 Å². The van der Waals surface area contributed by atoms with E-state index in [1.54, 1.807) is 12.1 Å². The molecule has 0 aromatic heterocycles. The second-order valence-corrected chi connectivity index (χ2v) is 5.39. The lowest BCUT2D eigenvalue weighted by atomic mass is 10.1. The SMILES string of the molecule is O=C1NC(=O)C(=Cc2ccc(OC3CCCC3)cc2)C(=O)N1. The third kappa shape index (κ3) is 3.16. The topological polar surface area (TPSA) is 84.5 Å². The Bertz CT molecular complexity index is 621. The molecule has 1 saturated heterocycles. The molecular formula is C16H16N2O4. The summed E-state index contributed by atoms with van der Waals surface area (Å²) in [4.78, 5) is 34.2. The van der Waals surface area contributed by atoms with E-state index in [4.69, 9.17) is 4.74 Å². The third-order valence-electron chi connectivity index (χ3n) is 3.74. The molecule has 0 bridgehead atoms. The van der Waals surface area contributed by atoms with Gasteiger partial charge >= 0.3 is 6.03 Å². The van der Waals surface area contributed by atoms with Crippen molar-refractivity contribution in [2.45, 2.75) is 31.8 Å². The second kappa shape index (κ2) is 6.01. The highest BCUT2D eigenvalue weighted by Crippen LogP contribution is 2.24. The Labute approximate surface area is 127 Å². The van der Waals surface area contributed by atoms with Crippen LogP contribution in [0.15, 0.2) is 29.8 Å². The van der Waals surface area contributed by atoms with Crippen molar-refractivity contribution in [3.05, 3.63) is 35.4 Å². The molecule has 1 aliphatic carbocycles. The van der Waals surface area contributed by atoms with E-state index < -0.39 is 17.8 Å². The summed E-state index contributed by atoms with van der Waals surface area (Å²) in [6, 6.07) is 6.37. The molecule has 2 N–H and O–H groups in total. The zero-order valence-corrected chi connectivity index (χ0v) is 11.9. The predicted octanol–water partition coefficient (Wildman–Crippen LogP) is 1.76. The minimum Gasteiger partial charge on any atom is -0.490 e. The van der Waals surface area contributed by atoms with Gasteiger partial charge in [-0.1, -0.05) is 12.1 Å². The maximum atomic E-state index is 11.6. The standard InChI is InChI=1S/C16H16N2O4/c19-14-13(15(20)18-16(21)17-14)9-10-5-7-12(8-6-10)22-11-3-1-2-4-11/h5-9,11H,1-4H2,(H2,17,18,19,20,21). The molecule has 0 unspecified atom stereocenters. The molecule has 0 spiro atoms. The van der Waals surface area contributed by atoms with E-state index in [1.165, 1.54) is 18.9 Å². The van der Waals surface area contributed by atoms with E-state index >= 15 is 0 Å². The van der Waals surface area contributed by atoms with Gasteiger partial charge in [-0.3, -0.25) is 20.2 Å². The summed E-state index contributed by atoms with van der Waals surface area (Å²) in [6.45, 7) is 0. The minimum absolute atomic E-state index is 0.0935. The fourth-order valence-electron chi connectivity index (χ4n) is 2.61. The average Bonchev–Trinajstić information content (AvgIpc) is 2.97. The van der Waals surface area contributed by atoms with E-state index in [0.717, 1.165) is 18.6 Å². The van der Waals surface area contributed by atoms with E-state index in [9.17, 15) is 14.4 Å². The van der Waals surface area contributed by atoms with Crippen LogP contribution in [-0.4, -0.2) is 23.9 Å². The number of amides is 4. The smallest absolute Gasteiger partial charge is 0.328 e. The van der Waals surface area contributed by atoms with Crippen LogP contribution in [0.2, 0.25) is 0 Å². The van der Waals surface area contributed by atoms with Gasteiger partial charge in [0.15, 0.2) is 0 Å². The molecule has 1 saturated carbocycles. The Hall–Kier alpha value is -2.63. The van der Waals surface area contributed by atoms with E-state index in [2.05, 4.69) is 0 Å². The first-order chi connectivity index (χ1) is 10.6. The number of rotatable bonds is 3. The Morgan fingerprint density at radius 1 is 0.955 bits per heavy atom. The van der Waals surface area contributed by atoms with E-state index in [-0.39, 0.29) is 11.7 Å². The molecule has 2 fully saturated rings. The molecule has 1 heterocycles. The highest BCUT2D eigenvalue weighted by atomic mass is 16.5. The van der Waals surface area contributed by atoms with Crippen LogP contribution in [0.3, 0.4) is 0 Å². The van der Waals surface area contributed by atoms with Crippen LogP contribution in [0.1, 0.15) is 31.2 Å². The number of benzene rings is 1. The van der Waals surface area contributed by atoms with Gasteiger partial charge in [0, 0.05) is 0 Å². The van der Waals surface area contributed by atoms with Gasteiger partial charge < -0.3 is 4.74 Å². The van der Waals surface area contributed by atoms with Crippen molar-refractivity contribution in [1.29, 1.82) is 0 Å². The normalized spacial score (nSPS) is 18.9. The number of nitrogens with one attached hydrogen (secondary N) is 2. The maximum Gasteiger partial charge on any atom is 0.328 e. The summed E-state index contributed by atoms with van der Waals surface area (Å²) >= 11 is 0. The first kappa shape index (κ1) is 14.3. The molecule has 0 radical (unpaired) electrons. The lowest BCUT2D eigenvalue weighted by Crippen LogP contribution is -2.51. The van der Waals surface area contributed by atoms with Crippen molar-refractivity contribution in [1.82, 2.24) is 10.6 Å². The Kier molecular flexibility index (Phi) is 3.91. The molecule has 2 aliphatic rings. The number of hydrogen-bond acceptors (Lipinski definition) is 4. The van der Waals surface area contributed by atoms with E-state index in [0.29, 0.717) is 5.56 Å². The van der Waals surface area contributed by atoms with Crippen LogP contribution in [0, 0.1) is 0 Å². The third-order valence-corrected chi connectivity index (χ3v) is 3.74. The number of urea groups is 1. The Balaban J connectivity index is 1.72. The quantitative estimate of drug-likeness (QED) is 0.658. The summed E-state index contributed by atoms with van der Waals surface area (Å²) in [5.74, 6) is -0.609. The summed E-state index contributed by atoms with van der Waals surface area (Å²) in [7, 11) is 0. The van der Waals surface area contributed by atoms with Gasteiger partial charge in [-0.05, 0) is 49.5 Å². The predicted molar refractivity (Wildman–Crippen MR) is 79.0 cm³/mol. The van der Waals surface area contributed by atoms with Gasteiger partial charge in [0.2, 0.25) is 0 Å². The molecule has 0 atom stereocenters. The summed E-state index contributed by atoms with van der Waals surface area (Å²) in [6.07, 6.45) is 6.30. The lowest BCUT2D eigenvalue weighted by Gasteiger charge is -2.14. The van der Waals surface area contributed by atoms with Crippen molar-refractivity contribution >= 4 is 23.9 Å². The van der Waals surface area contributed by atoms with Crippen molar-refractivity contribution in [3.8, 4) is 5.75 Å². The van der Waals surface area contributed by atoms with Gasteiger partial charge in [0.25, 0.3) is 11.8 Å². The second-order valence-electron chi connectivity index (χ2n) is 5.39. The Morgan fingerprint density at radius 2 is 1.55 bits per heavy atom. The van der Waals surface area contributed by atoms with Gasteiger partial charge in [0.05, 0.1) is 6.10 Å². The van der Waals surface area contributed by atoms with Crippen LogP contribution in [0.4, 0.5) is 4.79 Å². The number of carbonyl (C=O) groups is 3. The molecule has 4 amide bonds. The molecule has 1 aromatic carbocycles. The number of imide groups is 2. The van der Waals surface area contributed by atoms with Gasteiger partial charge in [-0.25, -0.2) is 4.79 Å². The number of hydrogen-bond donors (Lipinski definition) is 2. The highest BCUT2D eigenvalue weighted by Gasteiger charge is 2.27. The average molecular weight is 300 g/mol. The van der Waals surface area contributed by atoms with Gasteiger partial charge in [0.1, 0.15) is 11.3 Å². The van der Waals surface area contributed by atoms with Crippen LogP contribution in [0.5, 0.6) is 5.75 Å². The maximum absolute atomic E-state index is 11.6. The Morgan fingerprint density at radius 3 is 2.14 bits per heavy atom. The molecule has 114 valence electrons. The largest absolute Gasteiger partial charge is 0.490 e. The fraction of sp³-hybridized carbons (Fsp3) is 0.312. The minimum atomic E-state index is -0.799. The first-order valence-corrected chi connectivity index (χ1v) is 7.27. The molecule has 3 rings (SSSR count). The fourth-order valence-corrected chi connectivity index (χ4v) is 2.61. The van der Waals surface area contributed by atoms with Crippen LogP contribution in [-0.2, 0) is 9.59 Å². The van der Waals surface area contributed by atoms with Crippen molar-refractivity contribution < 1.29 is 19.1 Å². The van der Waals surface area contributed by atoms with Gasteiger partial charge in [-0.2, -0.15) is 0 Å². The molecule has 1 aromatic rings. The van der Waals surface area contributed by atoms with Crippen LogP contribution < -0.4 is 15.4 Å².